The van der Waals surface area contributed by atoms with Crippen LogP contribution in [0.2, 0.25) is 0 Å². The van der Waals surface area contributed by atoms with Gasteiger partial charge in [0.2, 0.25) is 65.0 Å². The van der Waals surface area contributed by atoms with Gasteiger partial charge < -0.3 is 98.9 Å². The number of likely N-dealkylation sites (tertiary alicyclic amines) is 1. The van der Waals surface area contributed by atoms with E-state index < -0.39 is 194 Å². The van der Waals surface area contributed by atoms with Crippen LogP contribution in [0.5, 0.6) is 0 Å². The van der Waals surface area contributed by atoms with Gasteiger partial charge in [0.15, 0.2) is 0 Å². The number of quaternary nitrogens is 1. The Kier molecular flexibility index (Phi) is 37.0. The number of carbonyl (C=O) groups is 15. The number of nitrogens with zero attached hydrogens (tertiary/aromatic N) is 5. The van der Waals surface area contributed by atoms with Crippen molar-refractivity contribution >= 4 is 99.7 Å². The second-order valence-electron chi connectivity index (χ2n) is 30.3. The molecule has 114 heavy (non-hydrogen) atoms. The second-order valence-corrected chi connectivity index (χ2v) is 30.3. The number of nitrogens with one attached hydrogen (secondary N) is 12. The third-order valence-corrected chi connectivity index (χ3v) is 19.6. The molecule has 12 amide bonds. The van der Waals surface area contributed by atoms with Gasteiger partial charge in [0.25, 0.3) is 0 Å². The molecule has 0 radical (unpaired) electrons. The minimum atomic E-state index is -1.57. The number of hydrogen-bond donors (Lipinski definition) is 16. The van der Waals surface area contributed by atoms with E-state index in [9.17, 15) is 92.3 Å². The number of H-pyrrole nitrogens is 2. The Bertz CT molecular complexity index is 3900. The Morgan fingerprint density at radius 2 is 1.15 bits per heavy atom. The van der Waals surface area contributed by atoms with Crippen molar-refractivity contribution in [1.29, 1.82) is 0 Å². The Hall–Kier alpha value is -10.8. The van der Waals surface area contributed by atoms with Gasteiger partial charge in [-0.2, -0.15) is 0 Å². The maximum atomic E-state index is 14.8. The van der Waals surface area contributed by atoms with Crippen molar-refractivity contribution in [2.75, 3.05) is 78.5 Å². The molecule has 2 fully saturated rings. The molecule has 38 heteroatoms. The fourth-order valence-electron chi connectivity index (χ4n) is 13.5. The number of amides is 12. The Morgan fingerprint density at radius 1 is 0.579 bits per heavy atom. The van der Waals surface area contributed by atoms with E-state index >= 15 is 0 Å². The first kappa shape index (κ1) is 92.1. The summed E-state index contributed by atoms with van der Waals surface area (Å²) < 4.78 is 0. The van der Waals surface area contributed by atoms with E-state index in [1.54, 1.807) is 79.5 Å². The summed E-state index contributed by atoms with van der Waals surface area (Å²) in [6.45, 7) is 11.4. The SMILES string of the molecule is CC(C)CC(NC(=O)CC(O)C(CC(C)C)NC(=O)C(Cc1cnc[nH]1)NC(=O)CNC(=O)C(NC(=O)C(C)NC(=O)C(Cc1c[nH]c2ccccc12)NC(=O)C(CCC(N)=O)NC(=O)C(Cc1ccccc1)NC(=O)CN1CCC(NC(=O)CC(C(=O)[O-])N2CCN(CC(=O)[O-])CCN(CC(=O)O)CC2)CC1)C(C)C)C([NH3+])=O. The molecule has 2 saturated heterocycles. The lowest BCUT2D eigenvalue weighted by molar-refractivity contribution is -0.312. The van der Waals surface area contributed by atoms with Crippen LogP contribution in [0.15, 0.2) is 73.3 Å². The summed E-state index contributed by atoms with van der Waals surface area (Å²) in [5.74, 6) is -14.0. The third kappa shape index (κ3) is 31.6. The summed E-state index contributed by atoms with van der Waals surface area (Å²) >= 11 is 0. The number of aliphatic hydroxyl groups is 1. The maximum Gasteiger partial charge on any atom is 0.331 e. The van der Waals surface area contributed by atoms with Crippen LogP contribution >= 0.6 is 0 Å². The predicted molar refractivity (Wildman–Crippen MR) is 407 cm³/mol. The number of benzene rings is 2. The first-order valence-electron chi connectivity index (χ1n) is 38.4. The van der Waals surface area contributed by atoms with Crippen molar-refractivity contribution in [2.24, 2.45) is 23.5 Å². The van der Waals surface area contributed by atoms with Gasteiger partial charge >= 0.3 is 11.9 Å². The van der Waals surface area contributed by atoms with Crippen LogP contribution in [0.25, 0.3) is 10.9 Å². The lowest BCUT2D eigenvalue weighted by atomic mass is 9.96. The van der Waals surface area contributed by atoms with Crippen LogP contribution in [0.4, 0.5) is 0 Å². The molecule has 0 aliphatic carbocycles. The zero-order chi connectivity index (χ0) is 83.9. The molecule has 0 saturated carbocycles. The number of para-hydroxylation sites is 1. The number of nitrogens with two attached hydrogens (primary N) is 1. The van der Waals surface area contributed by atoms with Crippen molar-refractivity contribution in [3.05, 3.63) is 90.1 Å². The van der Waals surface area contributed by atoms with Crippen molar-refractivity contribution in [1.82, 2.24) is 87.7 Å². The normalized spacial score (nSPS) is 16.8. The maximum absolute atomic E-state index is 14.8. The highest BCUT2D eigenvalue weighted by Gasteiger charge is 2.37. The standard InChI is InChI=1S/C76H113N19O19/c1-43(2)29-54(60(96)35-63(99)85-55(69(78)106)30-44(3)4)89-74(111)58(33-50-37-79-42-82-50)86-64(100)38-81-75(112)68(45(5)6)91-70(107)46(7)83-72(109)57(32-48-36-80-52-16-12-11-15-51(48)52)90-71(108)53(17-18-61(77)97)88-73(110)56(31-47-13-9-8-10-14-47)87-65(101)39-92-21-19-49(20-22-92)84-62(98)34-59(76(113)114)95-27-25-93(40-66(102)103)23-24-94(26-28-95)41-67(104)105/h8-16,36-37,42-46,49,53-60,68,80,96H,17-35,38-41H2,1-7H3,(H2,77,97)(H2,78,106)(H,79,82)(H,81,112)(H,83,109)(H,84,98)(H,85,99)(H,86,100)(H,87,101)(H,88,110)(H,89,111)(H,90,108)(H,91,107)(H,102,103)(H,104,105)(H,113,114)/p-1. The molecule has 4 heterocycles. The number of fused-ring (bicyclic) bond motifs is 1. The third-order valence-electron chi connectivity index (χ3n) is 19.6. The number of aliphatic hydroxyl groups excluding tert-OH is 1. The summed E-state index contributed by atoms with van der Waals surface area (Å²) in [5, 5.41) is 72.3. The van der Waals surface area contributed by atoms with E-state index in [4.69, 9.17) is 5.73 Å². The highest BCUT2D eigenvalue weighted by Crippen LogP contribution is 2.21. The first-order chi connectivity index (χ1) is 54.0. The first-order valence-corrected chi connectivity index (χ1v) is 38.4. The zero-order valence-corrected chi connectivity index (χ0v) is 65.6. The molecule has 10 unspecified atom stereocenters. The Labute approximate surface area is 660 Å². The van der Waals surface area contributed by atoms with Crippen LogP contribution < -0.4 is 74.8 Å². The minimum absolute atomic E-state index is 0.0282. The number of carbonyl (C=O) groups excluding carboxylic acids is 14. The summed E-state index contributed by atoms with van der Waals surface area (Å²) in [4.78, 5) is 217. The molecule has 19 N–H and O–H groups in total. The number of aromatic nitrogens is 3. The second kappa shape index (κ2) is 45.8. The van der Waals surface area contributed by atoms with Gasteiger partial charge in [-0.05, 0) is 74.0 Å². The highest BCUT2D eigenvalue weighted by molar-refractivity contribution is 5.98. The van der Waals surface area contributed by atoms with Gasteiger partial charge in [-0.15, -0.1) is 0 Å². The smallest absolute Gasteiger partial charge is 0.331 e. The minimum Gasteiger partial charge on any atom is -0.549 e. The highest BCUT2D eigenvalue weighted by atomic mass is 16.4. The topological polar surface area (TPSA) is 574 Å². The summed E-state index contributed by atoms with van der Waals surface area (Å²) in [6.07, 6.45) is 1.93. The molecule has 2 aromatic carbocycles. The quantitative estimate of drug-likeness (QED) is 0.0196. The number of aliphatic carboxylic acids is 3. The molecule has 626 valence electrons. The lowest BCUT2D eigenvalue weighted by Gasteiger charge is -2.35. The van der Waals surface area contributed by atoms with E-state index in [0.717, 1.165) is 0 Å². The number of primary amides is 1. The van der Waals surface area contributed by atoms with E-state index in [-0.39, 0.29) is 109 Å². The number of carboxylic acids is 3. The molecule has 0 bridgehead atoms. The molecular formula is C76H112N19O19-. The molecular weight excluding hydrogens is 1480 g/mol. The molecule has 2 aliphatic heterocycles. The van der Waals surface area contributed by atoms with E-state index in [1.807, 2.05) is 27.7 Å². The number of rotatable bonds is 45. The molecule has 2 aliphatic rings. The largest absolute Gasteiger partial charge is 0.549 e. The summed E-state index contributed by atoms with van der Waals surface area (Å²) in [7, 11) is 0. The van der Waals surface area contributed by atoms with E-state index in [0.29, 0.717) is 47.0 Å². The summed E-state index contributed by atoms with van der Waals surface area (Å²) in [5.41, 5.74) is 11.3. The van der Waals surface area contributed by atoms with Crippen LogP contribution in [0.3, 0.4) is 0 Å². The fraction of sp³-hybridized carbons (Fsp3) is 0.579. The van der Waals surface area contributed by atoms with Gasteiger partial charge in [0.1, 0.15) is 42.3 Å². The van der Waals surface area contributed by atoms with Crippen molar-refractivity contribution in [3.8, 4) is 0 Å². The van der Waals surface area contributed by atoms with Crippen LogP contribution in [0, 0.1) is 17.8 Å². The molecule has 0 spiro atoms. The number of piperidine rings is 1. The fourth-order valence-corrected chi connectivity index (χ4v) is 13.5. The zero-order valence-electron chi connectivity index (χ0n) is 65.6. The lowest BCUT2D eigenvalue weighted by Crippen LogP contribution is -2.66. The Balaban J connectivity index is 1.09. The van der Waals surface area contributed by atoms with Crippen LogP contribution in [-0.2, 0) is 91.2 Å². The molecule has 6 rings (SSSR count). The van der Waals surface area contributed by atoms with Crippen molar-refractivity contribution in [3.63, 3.8) is 0 Å². The predicted octanol–water partition coefficient (Wildman–Crippen LogP) is -6.69. The van der Waals surface area contributed by atoms with Crippen molar-refractivity contribution in [2.45, 2.75) is 186 Å². The molecule has 10 atom stereocenters. The number of hydrogen-bond acceptors (Lipinski definition) is 23. The van der Waals surface area contributed by atoms with Gasteiger partial charge in [0.05, 0.1) is 62.5 Å². The van der Waals surface area contributed by atoms with Gasteiger partial charge in [-0.1, -0.05) is 90.1 Å². The van der Waals surface area contributed by atoms with Crippen LogP contribution in [-0.4, -0.2) is 279 Å². The average molecular weight is 1600 g/mol. The van der Waals surface area contributed by atoms with Gasteiger partial charge in [-0.25, -0.2) is 9.78 Å². The monoisotopic (exact) mass is 1590 g/mol. The van der Waals surface area contributed by atoms with Crippen molar-refractivity contribution < 1.29 is 98.1 Å². The molecule has 2 aromatic heterocycles. The van der Waals surface area contributed by atoms with E-state index in [2.05, 4.69) is 73.9 Å². The summed E-state index contributed by atoms with van der Waals surface area (Å²) in [6, 6.07) is 3.45. The number of aromatic amines is 2. The molecule has 4 aromatic rings. The average Bonchev–Trinajstić information content (AvgIpc) is 1.68. The molecule has 38 nitrogen and oxygen atoms in total. The Morgan fingerprint density at radius 3 is 1.75 bits per heavy atom. The van der Waals surface area contributed by atoms with Gasteiger partial charge in [0, 0.05) is 126 Å². The number of carboxylic acid groups (broad SMARTS) is 3. The number of imidazole rings is 1. The van der Waals surface area contributed by atoms with Gasteiger partial charge in [-0.3, -0.25) is 82.9 Å². The van der Waals surface area contributed by atoms with E-state index in [1.165, 1.54) is 34.1 Å². The van der Waals surface area contributed by atoms with Crippen LogP contribution in [0.1, 0.15) is 117 Å².